The molecule has 0 saturated carbocycles. The second-order valence-corrected chi connectivity index (χ2v) is 15.8. The van der Waals surface area contributed by atoms with Crippen LogP contribution >= 0.6 is 0 Å². The Hall–Kier alpha value is -10.8. The average Bonchev–Trinajstić information content (AvgIpc) is 4.28. The summed E-state index contributed by atoms with van der Waals surface area (Å²) in [4.78, 5) is 28.2. The molecule has 0 fully saturated rings. The van der Waals surface area contributed by atoms with Gasteiger partial charge in [-0.1, -0.05) is 0 Å². The molecule has 8 heterocycles. The standard InChI is InChI=1S/C19H16N4O2.C18H14N4O2.C10H8O3.C6H5N3.C2H3N/c1-22(2)19-18(21-17-8-12(11-20)6-7-23(17)19)16-10-13-9-14(24-3)4-5-15(13)25-16;1-20-18-17(21-16-7-11(10-19)5-6-22(16)18)15-9-12-8-13(23-2)3-4-14(12)24-15;1-12-8-2-3-10-7(4-8)5-9(6-11)13-10;7-4-5-1-2-9-6(8)3-5;1-3-2/h4-10H,1-3H3;3-9,20H,1-2H3;2-6H,1H3;1-3H,(H2,8,9);1H3. The number of nitrogens with zero attached hydrogens (tertiary/aromatic N) is 10. The molecule has 8 aromatic heterocycles. The van der Waals surface area contributed by atoms with Gasteiger partial charge < -0.3 is 48.3 Å². The number of hydrogen-bond acceptors (Lipinski definition) is 16. The van der Waals surface area contributed by atoms with E-state index in [0.717, 1.165) is 61.9 Å². The van der Waals surface area contributed by atoms with Gasteiger partial charge in [0.2, 0.25) is 7.05 Å². The van der Waals surface area contributed by atoms with Gasteiger partial charge in [0.15, 0.2) is 23.6 Å². The molecule has 19 heteroatoms. The quantitative estimate of drug-likeness (QED) is 0.106. The Bertz CT molecular complexity index is 3970. The van der Waals surface area contributed by atoms with E-state index < -0.39 is 0 Å². The first-order chi connectivity index (χ1) is 35.9. The van der Waals surface area contributed by atoms with Crippen LogP contribution in [-0.4, -0.2) is 79.6 Å². The van der Waals surface area contributed by atoms with Crippen LogP contribution in [-0.2, 0) is 0 Å². The lowest BCUT2D eigenvalue weighted by Crippen LogP contribution is -2.12. The summed E-state index contributed by atoms with van der Waals surface area (Å²) in [6, 6.07) is 38.7. The van der Waals surface area contributed by atoms with Crippen LogP contribution < -0.4 is 30.2 Å². The highest BCUT2D eigenvalue weighted by molar-refractivity contribution is 5.88. The number of benzene rings is 3. The Morgan fingerprint density at radius 2 is 1.12 bits per heavy atom. The molecule has 0 spiro atoms. The highest BCUT2D eigenvalue weighted by Crippen LogP contribution is 2.37. The first kappa shape index (κ1) is 51.1. The van der Waals surface area contributed by atoms with Crippen molar-refractivity contribution in [3.8, 4) is 58.4 Å². The fourth-order valence-electron chi connectivity index (χ4n) is 7.49. The largest absolute Gasteiger partial charge is 0.497 e. The minimum absolute atomic E-state index is 0.336. The lowest BCUT2D eigenvalue weighted by Gasteiger charge is -2.13. The van der Waals surface area contributed by atoms with Crippen molar-refractivity contribution in [2.75, 3.05) is 65.5 Å². The van der Waals surface area contributed by atoms with Gasteiger partial charge in [0.1, 0.15) is 74.1 Å². The van der Waals surface area contributed by atoms with Crippen LogP contribution in [0.25, 0.3) is 72.0 Å². The number of nitrogens with one attached hydrogen (secondary N) is 1. The fraction of sp³-hybridized carbons (Fsp3) is 0.127. The van der Waals surface area contributed by atoms with Crippen molar-refractivity contribution in [3.63, 3.8) is 0 Å². The summed E-state index contributed by atoms with van der Waals surface area (Å²) >= 11 is 0. The predicted molar refractivity (Wildman–Crippen MR) is 281 cm³/mol. The third-order valence-electron chi connectivity index (χ3n) is 10.8. The highest BCUT2D eigenvalue weighted by Gasteiger charge is 2.21. The number of nitrogens with two attached hydrogens (primary N) is 1. The molecule has 0 bridgehead atoms. The molecule has 11 rings (SSSR count). The lowest BCUT2D eigenvalue weighted by atomic mass is 10.2. The predicted octanol–water partition coefficient (Wildman–Crippen LogP) is 10.7. The second-order valence-electron chi connectivity index (χ2n) is 15.8. The third-order valence-corrected chi connectivity index (χ3v) is 10.8. The maximum Gasteiger partial charge on any atom is 0.205 e. The molecule has 0 aliphatic carbocycles. The number of furan rings is 3. The minimum Gasteiger partial charge on any atom is -0.497 e. The number of imidazole rings is 2. The van der Waals surface area contributed by atoms with Crippen molar-refractivity contribution in [1.29, 1.82) is 15.8 Å². The zero-order valence-corrected chi connectivity index (χ0v) is 41.1. The van der Waals surface area contributed by atoms with Gasteiger partial charge in [0.25, 0.3) is 0 Å². The van der Waals surface area contributed by atoms with Crippen LogP contribution in [0.3, 0.4) is 0 Å². The number of anilines is 3. The number of methoxy groups -OCH3 is 3. The van der Waals surface area contributed by atoms with Crippen molar-refractivity contribution in [2.24, 2.45) is 0 Å². The molecular formula is C55H46N12O7. The first-order valence-corrected chi connectivity index (χ1v) is 22.2. The van der Waals surface area contributed by atoms with Crippen LogP contribution in [0.2, 0.25) is 0 Å². The monoisotopic (exact) mass is 986 g/mol. The molecule has 368 valence electrons. The van der Waals surface area contributed by atoms with E-state index in [-0.39, 0.29) is 0 Å². The van der Waals surface area contributed by atoms with E-state index in [0.29, 0.717) is 68.6 Å². The van der Waals surface area contributed by atoms with Crippen molar-refractivity contribution < 1.29 is 32.3 Å². The molecule has 19 nitrogen and oxygen atoms in total. The minimum atomic E-state index is 0.336. The van der Waals surface area contributed by atoms with E-state index in [4.69, 9.17) is 60.5 Å². The van der Waals surface area contributed by atoms with Crippen LogP contribution in [0.5, 0.6) is 17.2 Å². The van der Waals surface area contributed by atoms with E-state index in [1.54, 1.807) is 69.9 Å². The van der Waals surface area contributed by atoms with Gasteiger partial charge in [0, 0.05) is 55.9 Å². The number of hydrogen-bond donors (Lipinski definition) is 2. The Morgan fingerprint density at radius 3 is 1.58 bits per heavy atom. The molecule has 0 aliphatic rings. The molecule has 0 radical (unpaired) electrons. The normalized spacial score (nSPS) is 10.1. The third kappa shape index (κ3) is 11.3. The molecular weight excluding hydrogens is 941 g/mol. The number of rotatable bonds is 8. The Balaban J connectivity index is 0.000000151. The number of carbonyl (C=O) groups excluding carboxylic acids is 1. The molecule has 74 heavy (non-hydrogen) atoms. The van der Waals surface area contributed by atoms with Crippen LogP contribution in [0.15, 0.2) is 141 Å². The number of ether oxygens (including phenoxy) is 3. The van der Waals surface area contributed by atoms with E-state index in [1.165, 1.54) is 19.3 Å². The summed E-state index contributed by atoms with van der Waals surface area (Å²) in [5, 5.41) is 32.4. The number of aldehydes is 1. The maximum absolute atomic E-state index is 10.4. The highest BCUT2D eigenvalue weighted by atomic mass is 16.5. The molecule has 3 aromatic carbocycles. The molecule has 0 saturated heterocycles. The molecule has 3 N–H and O–H groups in total. The Kier molecular flexibility index (Phi) is 16.0. The zero-order chi connectivity index (χ0) is 52.9. The van der Waals surface area contributed by atoms with Crippen molar-refractivity contribution in [3.05, 3.63) is 162 Å². The number of nitriles is 3. The fourth-order valence-corrected chi connectivity index (χ4v) is 7.49. The molecule has 0 unspecified atom stereocenters. The van der Waals surface area contributed by atoms with Gasteiger partial charge in [-0.3, -0.25) is 13.6 Å². The van der Waals surface area contributed by atoms with Gasteiger partial charge in [-0.05, 0) is 109 Å². The smallest absolute Gasteiger partial charge is 0.205 e. The lowest BCUT2D eigenvalue weighted by molar-refractivity contribution is 0.110. The van der Waals surface area contributed by atoms with Crippen LogP contribution in [0.1, 0.15) is 27.2 Å². The number of carbonyl (C=O) groups is 1. The topological polar surface area (TPSA) is 249 Å². The van der Waals surface area contributed by atoms with Gasteiger partial charge in [-0.2, -0.15) is 15.8 Å². The van der Waals surface area contributed by atoms with Crippen molar-refractivity contribution >= 4 is 67.9 Å². The number of pyridine rings is 3. The van der Waals surface area contributed by atoms with E-state index >= 15 is 0 Å². The Labute approximate surface area is 423 Å². The Morgan fingerprint density at radius 1 is 0.662 bits per heavy atom. The second kappa shape index (κ2) is 23.2. The van der Waals surface area contributed by atoms with Crippen LogP contribution in [0, 0.1) is 40.6 Å². The molecule has 0 atom stereocenters. The van der Waals surface area contributed by atoms with E-state index in [1.807, 2.05) is 108 Å². The number of aromatic nitrogens is 5. The summed E-state index contributed by atoms with van der Waals surface area (Å²) in [6.07, 6.45) is 5.87. The van der Waals surface area contributed by atoms with E-state index in [2.05, 4.69) is 32.3 Å². The SMILES string of the molecule is CNc1c(-c2cc3cc(OC)ccc3o2)nc2cc(C#N)ccn12.COc1ccc2oc(-c3nc4cc(C#N)ccn4c3N(C)C)cc2c1.COc1ccc2oc(C=O)cc2c1.N#Cc1ccnc(N)c1.[C-]#[N+]C. The van der Waals surface area contributed by atoms with E-state index in [9.17, 15) is 4.79 Å². The van der Waals surface area contributed by atoms with Gasteiger partial charge in [0.05, 0.1) is 56.2 Å². The summed E-state index contributed by atoms with van der Waals surface area (Å²) in [5.74, 6) is 6.06. The van der Waals surface area contributed by atoms with Crippen molar-refractivity contribution in [1.82, 2.24) is 23.8 Å². The number of nitrogen functional groups attached to an aromatic ring is 1. The van der Waals surface area contributed by atoms with Gasteiger partial charge >= 0.3 is 0 Å². The van der Waals surface area contributed by atoms with Crippen molar-refractivity contribution in [2.45, 2.75) is 0 Å². The van der Waals surface area contributed by atoms with Gasteiger partial charge in [-0.15, -0.1) is 0 Å². The number of fused-ring (bicyclic) bond motifs is 5. The zero-order valence-electron chi connectivity index (χ0n) is 41.1. The molecule has 0 aliphatic heterocycles. The van der Waals surface area contributed by atoms with Crippen LogP contribution in [0.4, 0.5) is 17.5 Å². The first-order valence-electron chi connectivity index (χ1n) is 22.2. The average molecular weight is 987 g/mol. The summed E-state index contributed by atoms with van der Waals surface area (Å²) in [6.45, 7) is 5.83. The maximum atomic E-state index is 10.4. The summed E-state index contributed by atoms with van der Waals surface area (Å²) < 4.78 is 36.5. The summed E-state index contributed by atoms with van der Waals surface area (Å²) in [7, 11) is 12.0. The van der Waals surface area contributed by atoms with Gasteiger partial charge in [-0.25, -0.2) is 21.5 Å². The molecule has 0 amide bonds. The molecule has 11 aromatic rings. The summed E-state index contributed by atoms with van der Waals surface area (Å²) in [5.41, 5.74) is 12.0.